The van der Waals surface area contributed by atoms with E-state index in [1.54, 1.807) is 65.6 Å². The lowest BCUT2D eigenvalue weighted by molar-refractivity contribution is 0.0686. The third-order valence-electron chi connectivity index (χ3n) is 5.26. The van der Waals surface area contributed by atoms with Gasteiger partial charge in [-0.2, -0.15) is 0 Å². The molecule has 0 fully saturated rings. The maximum Gasteiger partial charge on any atom is 0.411 e. The Morgan fingerprint density at radius 3 is 2.26 bits per heavy atom. The first-order valence-corrected chi connectivity index (χ1v) is 11.6. The highest BCUT2D eigenvalue weighted by molar-refractivity contribution is 6.42. The van der Waals surface area contributed by atoms with Crippen LogP contribution in [0, 0.1) is 0 Å². The molecule has 0 spiro atoms. The number of hydrogen-bond acceptors (Lipinski definition) is 4. The average molecular weight is 501 g/mol. The number of carbonyl (C=O) groups excluding carboxylic acids is 2. The van der Waals surface area contributed by atoms with Crippen LogP contribution in [-0.4, -0.2) is 48.3 Å². The Balaban J connectivity index is 1.72. The smallest absolute Gasteiger partial charge is 0.411 e. The quantitative estimate of drug-likeness (QED) is 0.365. The number of nitrogens with one attached hydrogen (secondary N) is 1. The third kappa shape index (κ3) is 7.48. The number of amides is 2. The Kier molecular flexibility index (Phi) is 9.76. The Morgan fingerprint density at radius 2 is 1.62 bits per heavy atom. The van der Waals surface area contributed by atoms with E-state index in [2.05, 4.69) is 5.32 Å². The molecule has 178 valence electrons. The molecule has 0 heterocycles. The van der Waals surface area contributed by atoms with Crippen LogP contribution in [0.15, 0.2) is 78.9 Å². The fourth-order valence-corrected chi connectivity index (χ4v) is 3.82. The van der Waals surface area contributed by atoms with E-state index in [4.69, 9.17) is 27.9 Å². The van der Waals surface area contributed by atoms with Gasteiger partial charge in [0.25, 0.3) is 5.91 Å². The number of aliphatic hydroxyl groups excluding tert-OH is 1. The first-order valence-electron chi connectivity index (χ1n) is 10.9. The number of nitrogens with zero attached hydrogens (tertiary/aromatic N) is 1. The predicted molar refractivity (Wildman–Crippen MR) is 135 cm³/mol. The van der Waals surface area contributed by atoms with Gasteiger partial charge in [0.2, 0.25) is 0 Å². The van der Waals surface area contributed by atoms with Crippen molar-refractivity contribution < 1.29 is 19.4 Å². The number of aliphatic hydroxyl groups is 1. The van der Waals surface area contributed by atoms with Gasteiger partial charge in [-0.25, -0.2) is 4.79 Å². The summed E-state index contributed by atoms with van der Waals surface area (Å²) in [6, 6.07) is 23.1. The number of para-hydroxylation sites is 1. The van der Waals surface area contributed by atoms with Crippen LogP contribution in [0.3, 0.4) is 0 Å². The molecule has 3 rings (SSSR count). The van der Waals surface area contributed by atoms with Crippen molar-refractivity contribution >= 4 is 40.9 Å². The maximum atomic E-state index is 13.3. The van der Waals surface area contributed by atoms with E-state index in [0.717, 1.165) is 5.56 Å². The number of carbonyl (C=O) groups is 2. The second kappa shape index (κ2) is 13.0. The summed E-state index contributed by atoms with van der Waals surface area (Å²) < 4.78 is 5.31. The van der Waals surface area contributed by atoms with E-state index in [0.29, 0.717) is 34.3 Å². The number of ether oxygens (including phenoxy) is 1. The predicted octanol–water partition coefficient (Wildman–Crippen LogP) is 5.85. The minimum atomic E-state index is -0.602. The molecule has 0 aromatic heterocycles. The SMILES string of the molecule is O=C(Nc1ccccc1)OCCN(CC(CCO)c1ccc(Cl)c(Cl)c1)C(=O)c1ccccc1. The second-order valence-electron chi connectivity index (χ2n) is 7.63. The lowest BCUT2D eigenvalue weighted by atomic mass is 9.95. The van der Waals surface area contributed by atoms with Crippen molar-refractivity contribution in [3.63, 3.8) is 0 Å². The molecule has 0 aliphatic heterocycles. The van der Waals surface area contributed by atoms with Gasteiger partial charge in [0.1, 0.15) is 6.61 Å². The Morgan fingerprint density at radius 1 is 0.941 bits per heavy atom. The Labute approximate surface area is 209 Å². The summed E-state index contributed by atoms with van der Waals surface area (Å²) >= 11 is 12.3. The van der Waals surface area contributed by atoms with Crippen LogP contribution >= 0.6 is 23.2 Å². The molecule has 2 N–H and O–H groups in total. The van der Waals surface area contributed by atoms with Crippen molar-refractivity contribution in [2.75, 3.05) is 31.6 Å². The molecule has 3 aromatic carbocycles. The molecule has 0 radical (unpaired) electrons. The van der Waals surface area contributed by atoms with Crippen LogP contribution < -0.4 is 5.32 Å². The molecule has 8 heteroatoms. The highest BCUT2D eigenvalue weighted by Crippen LogP contribution is 2.29. The van der Waals surface area contributed by atoms with Crippen molar-refractivity contribution in [3.05, 3.63) is 100 Å². The van der Waals surface area contributed by atoms with E-state index < -0.39 is 6.09 Å². The molecule has 0 aliphatic carbocycles. The topological polar surface area (TPSA) is 78.9 Å². The molecular formula is C26H26Cl2N2O4. The fraction of sp³-hybridized carbons (Fsp3) is 0.231. The third-order valence-corrected chi connectivity index (χ3v) is 5.99. The van der Waals surface area contributed by atoms with Crippen molar-refractivity contribution in [2.24, 2.45) is 0 Å². The van der Waals surface area contributed by atoms with Gasteiger partial charge >= 0.3 is 6.09 Å². The standard InChI is InChI=1S/C26H26Cl2N2O4/c27-23-12-11-20(17-24(23)28)21(13-15-31)18-30(25(32)19-7-3-1-4-8-19)14-16-34-26(33)29-22-9-5-2-6-10-22/h1-12,17,21,31H,13-16,18H2,(H,29,33). The highest BCUT2D eigenvalue weighted by atomic mass is 35.5. The number of halogens is 2. The largest absolute Gasteiger partial charge is 0.447 e. The molecule has 1 unspecified atom stereocenters. The first-order chi connectivity index (χ1) is 16.5. The van der Waals surface area contributed by atoms with E-state index in [-0.39, 0.29) is 31.6 Å². The number of hydrogen-bond donors (Lipinski definition) is 2. The average Bonchev–Trinajstić information content (AvgIpc) is 2.85. The molecule has 6 nitrogen and oxygen atoms in total. The normalized spacial score (nSPS) is 11.5. The Hall–Kier alpha value is -3.06. The van der Waals surface area contributed by atoms with Gasteiger partial charge in [0, 0.05) is 30.3 Å². The minimum absolute atomic E-state index is 0.00442. The van der Waals surface area contributed by atoms with Crippen LogP contribution in [-0.2, 0) is 4.74 Å². The maximum absolute atomic E-state index is 13.3. The number of rotatable bonds is 10. The van der Waals surface area contributed by atoms with Crippen LogP contribution in [0.4, 0.5) is 10.5 Å². The summed E-state index contributed by atoms with van der Waals surface area (Å²) in [6.07, 6.45) is -0.180. The summed E-state index contributed by atoms with van der Waals surface area (Å²) in [5.41, 5.74) is 2.00. The van der Waals surface area contributed by atoms with E-state index >= 15 is 0 Å². The van der Waals surface area contributed by atoms with E-state index in [9.17, 15) is 14.7 Å². The molecule has 0 saturated heterocycles. The lowest BCUT2D eigenvalue weighted by Gasteiger charge is -2.28. The van der Waals surface area contributed by atoms with Crippen molar-refractivity contribution in [2.45, 2.75) is 12.3 Å². The minimum Gasteiger partial charge on any atom is -0.447 e. The zero-order chi connectivity index (χ0) is 24.3. The van der Waals surface area contributed by atoms with Crippen LogP contribution in [0.5, 0.6) is 0 Å². The molecule has 1 atom stereocenters. The van der Waals surface area contributed by atoms with Crippen molar-refractivity contribution in [3.8, 4) is 0 Å². The van der Waals surface area contributed by atoms with Crippen LogP contribution in [0.1, 0.15) is 28.3 Å². The lowest BCUT2D eigenvalue weighted by Crippen LogP contribution is -2.38. The van der Waals surface area contributed by atoms with Gasteiger partial charge in [0.05, 0.1) is 16.6 Å². The summed E-state index contributed by atoms with van der Waals surface area (Å²) in [7, 11) is 0. The van der Waals surface area contributed by atoms with Crippen LogP contribution in [0.2, 0.25) is 10.0 Å². The van der Waals surface area contributed by atoms with Gasteiger partial charge < -0.3 is 14.7 Å². The molecule has 0 saturated carbocycles. The Bertz CT molecular complexity index is 1080. The summed E-state index contributed by atoms with van der Waals surface area (Å²) in [4.78, 5) is 27.0. The summed E-state index contributed by atoms with van der Waals surface area (Å²) in [5.74, 6) is -0.388. The second-order valence-corrected chi connectivity index (χ2v) is 8.44. The summed E-state index contributed by atoms with van der Waals surface area (Å²) in [5, 5.41) is 13.1. The van der Waals surface area contributed by atoms with Crippen molar-refractivity contribution in [1.29, 1.82) is 0 Å². The molecule has 2 amide bonds. The zero-order valence-corrected chi connectivity index (χ0v) is 20.0. The van der Waals surface area contributed by atoms with Gasteiger partial charge in [0.15, 0.2) is 0 Å². The highest BCUT2D eigenvalue weighted by Gasteiger charge is 2.22. The molecular weight excluding hydrogens is 475 g/mol. The summed E-state index contributed by atoms with van der Waals surface area (Å²) in [6.45, 7) is 0.424. The molecule has 0 bridgehead atoms. The van der Waals surface area contributed by atoms with Gasteiger partial charge in [-0.05, 0) is 48.4 Å². The van der Waals surface area contributed by atoms with Gasteiger partial charge in [-0.15, -0.1) is 0 Å². The van der Waals surface area contributed by atoms with Gasteiger partial charge in [-0.1, -0.05) is 65.7 Å². The van der Waals surface area contributed by atoms with Crippen molar-refractivity contribution in [1.82, 2.24) is 4.90 Å². The number of anilines is 1. The van der Waals surface area contributed by atoms with Crippen LogP contribution in [0.25, 0.3) is 0 Å². The van der Waals surface area contributed by atoms with E-state index in [1.165, 1.54) is 0 Å². The molecule has 3 aromatic rings. The monoisotopic (exact) mass is 500 g/mol. The number of benzene rings is 3. The zero-order valence-electron chi connectivity index (χ0n) is 18.5. The molecule has 34 heavy (non-hydrogen) atoms. The molecule has 0 aliphatic rings. The van der Waals surface area contributed by atoms with E-state index in [1.807, 2.05) is 18.2 Å². The first kappa shape index (κ1) is 25.6. The van der Waals surface area contributed by atoms with Gasteiger partial charge in [-0.3, -0.25) is 10.1 Å². The fourth-order valence-electron chi connectivity index (χ4n) is 3.51.